The van der Waals surface area contributed by atoms with Gasteiger partial charge in [0.2, 0.25) is 0 Å². The van der Waals surface area contributed by atoms with Crippen LogP contribution in [0.15, 0.2) is 178 Å². The number of aryl methyl sites for hydroxylation is 1. The fourth-order valence-corrected chi connectivity index (χ4v) is 12.4. The summed E-state index contributed by atoms with van der Waals surface area (Å²) in [7, 11) is -1.14. The number of nitrogens with two attached hydrogens (primary N) is 2. The normalized spacial score (nSPS) is 11.0. The van der Waals surface area contributed by atoms with E-state index in [0.29, 0.717) is 112 Å². The number of ether oxygens (including phenoxy) is 5. The molecule has 109 heavy (non-hydrogen) atoms. The number of nitrogens with zero attached hydrogens (tertiary/aromatic N) is 6. The number of pyridine rings is 3. The van der Waals surface area contributed by atoms with Crippen LogP contribution in [0.25, 0.3) is 66.3 Å². The summed E-state index contributed by atoms with van der Waals surface area (Å²) in [6.07, 6.45) is 9.16. The van der Waals surface area contributed by atoms with Gasteiger partial charge in [-0.2, -0.15) is 15.8 Å². The third-order valence-electron chi connectivity index (χ3n) is 16.6. The number of carboxylic acid groups (broad SMARTS) is 1. The van der Waals surface area contributed by atoms with Crippen molar-refractivity contribution in [3.8, 4) is 68.8 Å². The number of aromatic nitrogens is 3. The number of furan rings is 3. The first kappa shape index (κ1) is 84.6. The van der Waals surface area contributed by atoms with Crippen molar-refractivity contribution in [3.05, 3.63) is 249 Å². The molecule has 12 aromatic rings. The Bertz CT molecular complexity index is 5420. The molecular formula is C81H73ClF3LiN8O14S. The standard InChI is InChI=1S/C31H31FN2O5S.C26H22FN3O4.C24H18FN3O4.ClH.Li.H2O/c1-5-37-28(35)17-22-7-6-20(18-33)16-27(22)39-19-21-14-23-9-12-38-30(23)25(15-21)24-8-11-34-26(29(24)32)10-13-40(36)31(2,3)4;1-2-32-24(31)12-18-4-3-16(13-28)11-23(18)34-15-17-9-19-6-8-33-26(19)21(10-17)20-5-7-30-22(14-29)25(20)27;25-23-18(3-5-28-20(23)12-27)19-8-15(7-17-4-6-31-24(17)19)13-32-21-9-14(11-26)1-2-16(21)10-22(29)30;;;/h6-9,11-12,14-16H,5,10,13,17,19H2,1-4H3;3-11H,2,12,14-15,29H2,1H3;1-9H,10,12-13,27H2,(H,29,30);1H;;1H2/q;;;;+1;/p-1/t40-;;;;;/m1...../s1. The van der Waals surface area contributed by atoms with Crippen molar-refractivity contribution in [2.24, 2.45) is 11.5 Å². The van der Waals surface area contributed by atoms with E-state index >= 15 is 8.78 Å². The van der Waals surface area contributed by atoms with Gasteiger partial charge in [-0.15, -0.1) is 12.4 Å². The Hall–Kier alpha value is -11.6. The number of rotatable bonds is 25. The number of carboxylic acids is 1. The van der Waals surface area contributed by atoms with Crippen molar-refractivity contribution in [1.29, 1.82) is 15.8 Å². The Morgan fingerprint density at radius 2 is 0.835 bits per heavy atom. The van der Waals surface area contributed by atoms with Crippen molar-refractivity contribution in [1.82, 2.24) is 15.0 Å². The van der Waals surface area contributed by atoms with Crippen LogP contribution in [0.5, 0.6) is 17.2 Å². The zero-order valence-electron chi connectivity index (χ0n) is 60.2. The Labute approximate surface area is 645 Å². The van der Waals surface area contributed by atoms with Gasteiger partial charge in [-0.1, -0.05) is 18.2 Å². The van der Waals surface area contributed by atoms with Crippen molar-refractivity contribution in [2.45, 2.75) is 98.0 Å². The first-order valence-electron chi connectivity index (χ1n) is 33.3. The van der Waals surface area contributed by atoms with Gasteiger partial charge in [0, 0.05) is 126 Å². The van der Waals surface area contributed by atoms with Crippen LogP contribution < -0.4 is 44.5 Å². The predicted octanol–water partition coefficient (Wildman–Crippen LogP) is 12.3. The SMILES string of the molecule is CCOC(=O)Cc1ccc(C#N)cc1OCc1cc(-c2ccnc(CC[S@@](=O)C(C)(C)C)c2F)c2occc2c1.CCOC(=O)Cc1ccc(C#N)cc1OCc1cc(-c2ccnc(CN)c2F)c2occc2c1.Cl.N#Cc1ccc(CC(=O)O)c(OCc2cc(-c3ccnc(CN)c3F)c3occc3c2)c1.[Li+].[OH-]. The Morgan fingerprint density at radius 3 is 1.15 bits per heavy atom. The first-order valence-corrected chi connectivity index (χ1v) is 34.7. The molecule has 0 bridgehead atoms. The van der Waals surface area contributed by atoms with Gasteiger partial charge in [-0.25, -0.2) is 13.2 Å². The second-order valence-corrected chi connectivity index (χ2v) is 27.2. The number of esters is 2. The Balaban J connectivity index is 0.000000226. The monoisotopic (exact) mass is 1510 g/mol. The smallest absolute Gasteiger partial charge is 0.870 e. The average Bonchev–Trinajstić information content (AvgIpc) is 1.75. The van der Waals surface area contributed by atoms with Gasteiger partial charge in [0.15, 0.2) is 17.5 Å². The van der Waals surface area contributed by atoms with Crippen LogP contribution in [-0.4, -0.2) is 71.4 Å². The fraction of sp³-hybridized carbons (Fsp3) is 0.222. The van der Waals surface area contributed by atoms with E-state index in [9.17, 15) is 33.5 Å². The zero-order valence-corrected chi connectivity index (χ0v) is 61.8. The molecular weight excluding hydrogens is 1440 g/mol. The summed E-state index contributed by atoms with van der Waals surface area (Å²) >= 11 is 0. The minimum absolute atomic E-state index is 0. The van der Waals surface area contributed by atoms with Gasteiger partial charge in [-0.3, -0.25) is 33.5 Å². The van der Waals surface area contributed by atoms with Gasteiger partial charge >= 0.3 is 36.8 Å². The Kier molecular flexibility index (Phi) is 30.5. The van der Waals surface area contributed by atoms with Crippen LogP contribution in [0.4, 0.5) is 13.2 Å². The molecule has 0 radical (unpaired) electrons. The molecule has 22 nitrogen and oxygen atoms in total. The molecule has 0 amide bonds. The predicted molar refractivity (Wildman–Crippen MR) is 398 cm³/mol. The van der Waals surface area contributed by atoms with E-state index in [1.54, 1.807) is 129 Å². The number of carbonyl (C=O) groups excluding carboxylic acids is 2. The number of hydrogen-bond acceptors (Lipinski definition) is 21. The third-order valence-corrected chi connectivity index (χ3v) is 18.5. The molecule has 0 unspecified atom stereocenters. The molecule has 0 aliphatic rings. The van der Waals surface area contributed by atoms with E-state index in [1.165, 1.54) is 31.0 Å². The Morgan fingerprint density at radius 1 is 0.505 bits per heavy atom. The van der Waals surface area contributed by atoms with Crippen LogP contribution in [-0.2, 0) is 93.3 Å². The molecule has 12 rings (SSSR count). The van der Waals surface area contributed by atoms with Crippen molar-refractivity contribution in [3.63, 3.8) is 0 Å². The minimum Gasteiger partial charge on any atom is -0.870 e. The average molecular weight is 1510 g/mol. The maximum Gasteiger partial charge on any atom is 1.00 e. The molecule has 28 heteroatoms. The molecule has 6 heterocycles. The van der Waals surface area contributed by atoms with E-state index in [4.69, 9.17) is 58.8 Å². The molecule has 0 fully saturated rings. The van der Waals surface area contributed by atoms with Crippen LogP contribution in [0.1, 0.15) is 102 Å². The number of carbonyl (C=O) groups is 3. The number of fused-ring (bicyclic) bond motifs is 3. The van der Waals surface area contributed by atoms with Gasteiger partial charge in [0.1, 0.15) is 53.8 Å². The zero-order chi connectivity index (χ0) is 75.6. The summed E-state index contributed by atoms with van der Waals surface area (Å²) in [6, 6.07) is 41.5. The van der Waals surface area contributed by atoms with E-state index in [0.717, 1.165) is 27.3 Å². The van der Waals surface area contributed by atoms with Gasteiger partial charge in [-0.05, 0) is 161 Å². The number of halogens is 4. The number of nitriles is 3. The molecule has 0 saturated heterocycles. The van der Waals surface area contributed by atoms with Gasteiger partial charge in [0.05, 0.1) is 103 Å². The van der Waals surface area contributed by atoms with E-state index < -0.39 is 44.9 Å². The number of hydrogen-bond donors (Lipinski definition) is 3. The van der Waals surface area contributed by atoms with Crippen LogP contribution >= 0.6 is 12.4 Å². The molecule has 0 spiro atoms. The van der Waals surface area contributed by atoms with E-state index in [-0.39, 0.29) is 132 Å². The summed E-state index contributed by atoms with van der Waals surface area (Å²) < 4.78 is 103. The third kappa shape index (κ3) is 21.2. The van der Waals surface area contributed by atoms with E-state index in [1.807, 2.05) is 45.0 Å². The summed E-state index contributed by atoms with van der Waals surface area (Å²) in [5.41, 5.74) is 20.9. The fourth-order valence-electron chi connectivity index (χ4n) is 11.4. The molecule has 1 atom stereocenters. The molecule has 0 saturated carbocycles. The second kappa shape index (κ2) is 39.3. The molecule has 6 aromatic carbocycles. The minimum atomic E-state index is -1.14. The van der Waals surface area contributed by atoms with Crippen molar-refractivity contribution < 1.29 is 98.1 Å². The van der Waals surface area contributed by atoms with Crippen LogP contribution in [0.3, 0.4) is 0 Å². The summed E-state index contributed by atoms with van der Waals surface area (Å²) in [5.74, 6) is -1.88. The maximum atomic E-state index is 15.7. The van der Waals surface area contributed by atoms with E-state index in [2.05, 4.69) is 27.1 Å². The number of benzene rings is 6. The summed E-state index contributed by atoms with van der Waals surface area (Å²) in [4.78, 5) is 47.4. The largest absolute Gasteiger partial charge is 1.00 e. The van der Waals surface area contributed by atoms with Crippen molar-refractivity contribution >= 4 is 74.0 Å². The van der Waals surface area contributed by atoms with Gasteiger partial charge < -0.3 is 59.0 Å². The van der Waals surface area contributed by atoms with Crippen molar-refractivity contribution in [2.75, 3.05) is 19.0 Å². The molecule has 556 valence electrons. The molecule has 0 aliphatic heterocycles. The molecule has 6 aromatic heterocycles. The van der Waals surface area contributed by atoms with Crippen LogP contribution in [0, 0.1) is 51.4 Å². The van der Waals surface area contributed by atoms with Crippen LogP contribution in [0.2, 0.25) is 0 Å². The topological polar surface area (TPSA) is 366 Å². The molecule has 0 aliphatic carbocycles. The quantitative estimate of drug-likeness (QED) is 0.0353. The molecule has 6 N–H and O–H groups in total. The summed E-state index contributed by atoms with van der Waals surface area (Å²) in [6.45, 7) is 9.91. The first-order chi connectivity index (χ1) is 51.1. The summed E-state index contributed by atoms with van der Waals surface area (Å²) in [5, 5.41) is 39.2. The second-order valence-electron chi connectivity index (χ2n) is 24.8. The number of aliphatic carboxylic acids is 1. The maximum absolute atomic E-state index is 15.7. The van der Waals surface area contributed by atoms with Gasteiger partial charge in [0.25, 0.3) is 0 Å².